The maximum atomic E-state index is 9.62. The number of pyridine rings is 1. The van der Waals surface area contributed by atoms with Crippen LogP contribution in [-0.4, -0.2) is 30.1 Å². The van der Waals surface area contributed by atoms with E-state index in [1.54, 1.807) is 6.92 Å². The molecule has 6 heteroatoms. The van der Waals surface area contributed by atoms with Crippen LogP contribution in [0.25, 0.3) is 0 Å². The van der Waals surface area contributed by atoms with Gasteiger partial charge in [-0.2, -0.15) is 0 Å². The van der Waals surface area contributed by atoms with Gasteiger partial charge in [0.25, 0.3) is 0 Å². The van der Waals surface area contributed by atoms with Crippen molar-refractivity contribution in [2.24, 2.45) is 0 Å². The lowest BCUT2D eigenvalue weighted by Crippen LogP contribution is -2.20. The van der Waals surface area contributed by atoms with Gasteiger partial charge in [-0.3, -0.25) is 4.98 Å². The molecule has 2 atom stereocenters. The zero-order chi connectivity index (χ0) is 12.1. The van der Waals surface area contributed by atoms with Crippen molar-refractivity contribution in [3.8, 4) is 0 Å². The van der Waals surface area contributed by atoms with Crippen LogP contribution in [0.2, 0.25) is 10.0 Å². The summed E-state index contributed by atoms with van der Waals surface area (Å²) in [5.74, 6) is 0. The van der Waals surface area contributed by atoms with E-state index >= 15 is 0 Å². The molecule has 0 aliphatic rings. The van der Waals surface area contributed by atoms with Crippen LogP contribution in [0.1, 0.15) is 18.6 Å². The molecule has 0 bridgehead atoms. The van der Waals surface area contributed by atoms with Crippen molar-refractivity contribution in [1.29, 1.82) is 0 Å². The van der Waals surface area contributed by atoms with Gasteiger partial charge in [-0.25, -0.2) is 0 Å². The predicted molar refractivity (Wildman–Crippen MR) is 61.6 cm³/mol. The molecule has 0 amide bonds. The Bertz CT molecular complexity index is 327. The summed E-state index contributed by atoms with van der Waals surface area (Å²) in [5, 5.41) is 10.3. The second kappa shape index (κ2) is 6.37. The highest BCUT2D eigenvalue weighted by Gasteiger charge is 2.23. The Hall–Kier alpha value is -0.390. The third-order valence-corrected chi connectivity index (χ3v) is 2.58. The summed E-state index contributed by atoms with van der Waals surface area (Å²) >= 11 is 11.9. The van der Waals surface area contributed by atoms with Crippen molar-refractivity contribution in [3.63, 3.8) is 0 Å². The van der Waals surface area contributed by atoms with Crippen LogP contribution in [0, 0.1) is 0 Å². The highest BCUT2D eigenvalue weighted by molar-refractivity contribution is 6.35. The van der Waals surface area contributed by atoms with Crippen LogP contribution >= 0.6 is 23.2 Å². The molecular formula is C10H13Cl2NO3. The average molecular weight is 266 g/mol. The molecule has 1 heterocycles. The molecule has 0 saturated heterocycles. The number of aliphatic hydroxyl groups is 1. The van der Waals surface area contributed by atoms with Gasteiger partial charge in [-0.15, -0.1) is 0 Å². The third kappa shape index (κ3) is 3.30. The Labute approximate surface area is 104 Å². The predicted octanol–water partition coefficient (Wildman–Crippen LogP) is 2.43. The van der Waals surface area contributed by atoms with Crippen molar-refractivity contribution in [2.45, 2.75) is 19.1 Å². The van der Waals surface area contributed by atoms with Crippen LogP contribution in [0.4, 0.5) is 0 Å². The fourth-order valence-electron chi connectivity index (χ4n) is 1.30. The summed E-state index contributed by atoms with van der Waals surface area (Å²) in [6, 6.07) is 0. The molecule has 1 N–H and O–H groups in total. The van der Waals surface area contributed by atoms with Gasteiger partial charge < -0.3 is 14.6 Å². The Kier molecular flexibility index (Phi) is 5.44. The minimum Gasteiger partial charge on any atom is -0.390 e. The molecule has 4 nitrogen and oxygen atoms in total. The molecule has 0 aliphatic heterocycles. The van der Waals surface area contributed by atoms with Crippen LogP contribution in [-0.2, 0) is 9.47 Å². The molecule has 0 fully saturated rings. The monoisotopic (exact) mass is 265 g/mol. The topological polar surface area (TPSA) is 51.6 Å². The molecule has 1 aromatic rings. The largest absolute Gasteiger partial charge is 0.390 e. The highest BCUT2D eigenvalue weighted by atomic mass is 35.5. The lowest BCUT2D eigenvalue weighted by atomic mass is 10.1. The van der Waals surface area contributed by atoms with E-state index in [4.69, 9.17) is 32.7 Å². The normalized spacial score (nSPS) is 14.8. The SMILES string of the molecule is COCOC(c1c(Cl)cncc1Cl)C(C)O. The van der Waals surface area contributed by atoms with E-state index in [0.717, 1.165) is 0 Å². The second-order valence-corrected chi connectivity index (χ2v) is 4.07. The summed E-state index contributed by atoms with van der Waals surface area (Å²) < 4.78 is 10.1. The van der Waals surface area contributed by atoms with E-state index in [2.05, 4.69) is 4.98 Å². The molecule has 0 radical (unpaired) electrons. The standard InChI is InChI=1S/C10H13Cl2NO3/c1-6(14)10(16-5-15-2)9-7(11)3-13-4-8(9)12/h3-4,6,10,14H,5H2,1-2H3. The Morgan fingerprint density at radius 2 is 1.94 bits per heavy atom. The summed E-state index contributed by atoms with van der Waals surface area (Å²) in [4.78, 5) is 3.83. The smallest absolute Gasteiger partial charge is 0.147 e. The van der Waals surface area contributed by atoms with Gasteiger partial charge in [0.05, 0.1) is 16.1 Å². The molecule has 0 aromatic carbocycles. The summed E-state index contributed by atoms with van der Waals surface area (Å²) in [7, 11) is 1.49. The van der Waals surface area contributed by atoms with Gasteiger partial charge in [-0.1, -0.05) is 23.2 Å². The summed E-state index contributed by atoms with van der Waals surface area (Å²) in [6.45, 7) is 1.64. The van der Waals surface area contributed by atoms with Gasteiger partial charge in [0.1, 0.15) is 12.9 Å². The molecule has 1 rings (SSSR count). The molecule has 0 aliphatic carbocycles. The first kappa shape index (κ1) is 13.7. The van der Waals surface area contributed by atoms with E-state index in [0.29, 0.717) is 15.6 Å². The number of rotatable bonds is 5. The van der Waals surface area contributed by atoms with Gasteiger partial charge in [0.15, 0.2) is 0 Å². The van der Waals surface area contributed by atoms with E-state index in [1.165, 1.54) is 19.5 Å². The highest BCUT2D eigenvalue weighted by Crippen LogP contribution is 2.33. The van der Waals surface area contributed by atoms with Gasteiger partial charge in [0.2, 0.25) is 0 Å². The van der Waals surface area contributed by atoms with Gasteiger partial charge >= 0.3 is 0 Å². The fourth-order valence-corrected chi connectivity index (χ4v) is 1.88. The number of halogens is 2. The van der Waals surface area contributed by atoms with Crippen LogP contribution < -0.4 is 0 Å². The molecular weight excluding hydrogens is 253 g/mol. The quantitative estimate of drug-likeness (QED) is 0.831. The Morgan fingerprint density at radius 1 is 1.38 bits per heavy atom. The van der Waals surface area contributed by atoms with Crippen molar-refractivity contribution >= 4 is 23.2 Å². The number of aliphatic hydroxyl groups excluding tert-OH is 1. The first-order chi connectivity index (χ1) is 7.57. The molecule has 90 valence electrons. The molecule has 2 unspecified atom stereocenters. The maximum Gasteiger partial charge on any atom is 0.147 e. The molecule has 0 spiro atoms. The van der Waals surface area contributed by atoms with Crippen LogP contribution in [0.3, 0.4) is 0 Å². The zero-order valence-electron chi connectivity index (χ0n) is 8.98. The zero-order valence-corrected chi connectivity index (χ0v) is 10.5. The van der Waals surface area contributed by atoms with Crippen molar-refractivity contribution < 1.29 is 14.6 Å². The Balaban J connectivity index is 3.00. The average Bonchev–Trinajstić information content (AvgIpc) is 2.21. The second-order valence-electron chi connectivity index (χ2n) is 3.25. The number of hydrogen-bond acceptors (Lipinski definition) is 4. The van der Waals surface area contributed by atoms with Crippen molar-refractivity contribution in [1.82, 2.24) is 4.98 Å². The fraction of sp³-hybridized carbons (Fsp3) is 0.500. The Morgan fingerprint density at radius 3 is 2.38 bits per heavy atom. The summed E-state index contributed by atoms with van der Waals surface area (Å²) in [5.41, 5.74) is 0.519. The van der Waals surface area contributed by atoms with E-state index in [-0.39, 0.29) is 6.79 Å². The van der Waals surface area contributed by atoms with Crippen molar-refractivity contribution in [2.75, 3.05) is 13.9 Å². The molecule has 0 saturated carbocycles. The summed E-state index contributed by atoms with van der Waals surface area (Å²) in [6.07, 6.45) is 1.51. The van der Waals surface area contributed by atoms with Crippen molar-refractivity contribution in [3.05, 3.63) is 28.0 Å². The molecule has 16 heavy (non-hydrogen) atoms. The molecule has 1 aromatic heterocycles. The van der Waals surface area contributed by atoms with Gasteiger partial charge in [-0.05, 0) is 6.92 Å². The van der Waals surface area contributed by atoms with E-state index < -0.39 is 12.2 Å². The van der Waals surface area contributed by atoms with Crippen LogP contribution in [0.5, 0.6) is 0 Å². The van der Waals surface area contributed by atoms with Gasteiger partial charge in [0, 0.05) is 25.1 Å². The maximum absolute atomic E-state index is 9.62. The first-order valence-corrected chi connectivity index (χ1v) is 5.41. The van der Waals surface area contributed by atoms with E-state index in [9.17, 15) is 5.11 Å². The lowest BCUT2D eigenvalue weighted by molar-refractivity contribution is -0.110. The number of hydrogen-bond donors (Lipinski definition) is 1. The number of methoxy groups -OCH3 is 1. The third-order valence-electron chi connectivity index (χ3n) is 1.98. The first-order valence-electron chi connectivity index (χ1n) is 4.65. The minimum atomic E-state index is -0.757. The number of ether oxygens (including phenoxy) is 2. The minimum absolute atomic E-state index is 0.0462. The van der Waals surface area contributed by atoms with Crippen LogP contribution in [0.15, 0.2) is 12.4 Å². The number of nitrogens with zero attached hydrogens (tertiary/aromatic N) is 1. The van der Waals surface area contributed by atoms with E-state index in [1.807, 2.05) is 0 Å². The number of aromatic nitrogens is 1. The lowest BCUT2D eigenvalue weighted by Gasteiger charge is -2.22.